The molecule has 0 spiro atoms. The fourth-order valence-corrected chi connectivity index (χ4v) is 2.06. The molecule has 2 nitrogen and oxygen atoms in total. The van der Waals surface area contributed by atoms with Gasteiger partial charge in [0.05, 0.1) is 11.6 Å². The highest BCUT2D eigenvalue weighted by molar-refractivity contribution is 5.47. The number of hydrogen-bond donors (Lipinski definition) is 1. The molecule has 0 aromatic heterocycles. The summed E-state index contributed by atoms with van der Waals surface area (Å²) < 4.78 is 25.9. The van der Waals surface area contributed by atoms with E-state index in [1.54, 1.807) is 12.1 Å². The Morgan fingerprint density at radius 2 is 1.76 bits per heavy atom. The molecule has 0 radical (unpaired) electrons. The molecule has 0 unspecified atom stereocenters. The van der Waals surface area contributed by atoms with E-state index >= 15 is 0 Å². The molecule has 0 atom stereocenters. The van der Waals surface area contributed by atoms with Crippen LogP contribution >= 0.6 is 0 Å². The van der Waals surface area contributed by atoms with Gasteiger partial charge in [0.1, 0.15) is 0 Å². The lowest BCUT2D eigenvalue weighted by molar-refractivity contribution is -0.0360. The van der Waals surface area contributed by atoms with E-state index in [1.165, 1.54) is 0 Å². The van der Waals surface area contributed by atoms with Gasteiger partial charge in [-0.25, -0.2) is 8.78 Å². The van der Waals surface area contributed by atoms with E-state index in [9.17, 15) is 8.78 Å². The summed E-state index contributed by atoms with van der Waals surface area (Å²) in [4.78, 5) is 0. The third-order valence-corrected chi connectivity index (χ3v) is 3.10. The van der Waals surface area contributed by atoms with E-state index in [4.69, 9.17) is 5.26 Å². The van der Waals surface area contributed by atoms with Crippen molar-refractivity contribution < 1.29 is 8.78 Å². The maximum absolute atomic E-state index is 13.0. The Morgan fingerprint density at radius 1 is 1.18 bits per heavy atom. The molecule has 0 aliphatic heterocycles. The number of anilines is 1. The van der Waals surface area contributed by atoms with Crippen LogP contribution in [0.1, 0.15) is 31.2 Å². The number of nitrogens with zero attached hydrogens (tertiary/aromatic N) is 1. The molecular weight excluding hydrogens is 222 g/mol. The van der Waals surface area contributed by atoms with Gasteiger partial charge in [0.25, 0.3) is 0 Å². The van der Waals surface area contributed by atoms with E-state index in [2.05, 4.69) is 5.32 Å². The van der Waals surface area contributed by atoms with E-state index in [0.29, 0.717) is 18.4 Å². The Kier molecular flexibility index (Phi) is 3.28. The average Bonchev–Trinajstić information content (AvgIpc) is 2.33. The normalized spacial score (nSPS) is 19.6. The second-order valence-electron chi connectivity index (χ2n) is 4.46. The molecule has 4 heteroatoms. The molecule has 17 heavy (non-hydrogen) atoms. The summed E-state index contributed by atoms with van der Waals surface area (Å²) >= 11 is 0. The molecule has 1 aliphatic rings. The van der Waals surface area contributed by atoms with Crippen molar-refractivity contribution in [1.29, 1.82) is 5.26 Å². The molecule has 0 heterocycles. The molecule has 0 bridgehead atoms. The standard InChI is InChI=1S/C13H14F2N2/c14-13(15)7-5-12(6-8-13)17-11-3-1-10(9-16)2-4-11/h1-4,12,17H,5-8H2. The number of rotatable bonds is 2. The molecular formula is C13H14F2N2. The number of alkyl halides is 2. The molecule has 1 aromatic rings. The van der Waals surface area contributed by atoms with Crippen molar-refractivity contribution in [3.8, 4) is 6.07 Å². The quantitative estimate of drug-likeness (QED) is 0.852. The van der Waals surface area contributed by atoms with Crippen LogP contribution in [0.5, 0.6) is 0 Å². The highest BCUT2D eigenvalue weighted by atomic mass is 19.3. The van der Waals surface area contributed by atoms with Crippen molar-refractivity contribution in [2.24, 2.45) is 0 Å². The summed E-state index contributed by atoms with van der Waals surface area (Å²) in [5.41, 5.74) is 1.49. The van der Waals surface area contributed by atoms with Crippen molar-refractivity contribution in [2.45, 2.75) is 37.6 Å². The molecule has 1 saturated carbocycles. The maximum Gasteiger partial charge on any atom is 0.248 e. The summed E-state index contributed by atoms with van der Waals surface area (Å²) in [6, 6.07) is 9.22. The van der Waals surface area contributed by atoms with Crippen LogP contribution in [0.3, 0.4) is 0 Å². The van der Waals surface area contributed by atoms with Crippen molar-refractivity contribution in [3.63, 3.8) is 0 Å². The van der Waals surface area contributed by atoms with Crippen LogP contribution in [-0.2, 0) is 0 Å². The number of hydrogen-bond acceptors (Lipinski definition) is 2. The van der Waals surface area contributed by atoms with Crippen LogP contribution in [0.15, 0.2) is 24.3 Å². The van der Waals surface area contributed by atoms with Crippen LogP contribution in [0.2, 0.25) is 0 Å². The Balaban J connectivity index is 1.91. The molecule has 0 saturated heterocycles. The zero-order valence-corrected chi connectivity index (χ0v) is 9.42. The highest BCUT2D eigenvalue weighted by Gasteiger charge is 2.34. The van der Waals surface area contributed by atoms with Gasteiger partial charge in [0, 0.05) is 24.6 Å². The largest absolute Gasteiger partial charge is 0.382 e. The summed E-state index contributed by atoms with van der Waals surface area (Å²) in [5, 5.41) is 11.9. The topological polar surface area (TPSA) is 35.8 Å². The smallest absolute Gasteiger partial charge is 0.248 e. The summed E-state index contributed by atoms with van der Waals surface area (Å²) in [6.07, 6.45) is 0.905. The van der Waals surface area contributed by atoms with Gasteiger partial charge in [-0.1, -0.05) is 0 Å². The minimum atomic E-state index is -2.48. The molecule has 1 N–H and O–H groups in total. The molecule has 1 fully saturated rings. The second-order valence-corrected chi connectivity index (χ2v) is 4.46. The number of benzene rings is 1. The lowest BCUT2D eigenvalue weighted by atomic mass is 9.92. The number of halogens is 2. The third-order valence-electron chi connectivity index (χ3n) is 3.10. The molecule has 2 rings (SSSR count). The van der Waals surface area contributed by atoms with Gasteiger partial charge in [-0.3, -0.25) is 0 Å². The van der Waals surface area contributed by atoms with Gasteiger partial charge < -0.3 is 5.32 Å². The van der Waals surface area contributed by atoms with Crippen molar-refractivity contribution >= 4 is 5.69 Å². The molecule has 1 aliphatic carbocycles. The minimum absolute atomic E-state index is 0.0407. The fraction of sp³-hybridized carbons (Fsp3) is 0.462. The van der Waals surface area contributed by atoms with Gasteiger partial charge in [-0.15, -0.1) is 0 Å². The average molecular weight is 236 g/mol. The summed E-state index contributed by atoms with van der Waals surface area (Å²) in [7, 11) is 0. The Labute approximate surface area is 99.3 Å². The lowest BCUT2D eigenvalue weighted by Crippen LogP contribution is -2.31. The summed E-state index contributed by atoms with van der Waals surface area (Å²) in [5.74, 6) is -2.48. The zero-order valence-electron chi connectivity index (χ0n) is 9.42. The van der Waals surface area contributed by atoms with Crippen LogP contribution in [0.25, 0.3) is 0 Å². The fourth-order valence-electron chi connectivity index (χ4n) is 2.06. The van der Waals surface area contributed by atoms with Gasteiger partial charge in [-0.2, -0.15) is 5.26 Å². The first-order valence-corrected chi connectivity index (χ1v) is 5.74. The van der Waals surface area contributed by atoms with Gasteiger partial charge in [0.15, 0.2) is 0 Å². The van der Waals surface area contributed by atoms with E-state index in [1.807, 2.05) is 18.2 Å². The third kappa shape index (κ3) is 3.16. The van der Waals surface area contributed by atoms with Crippen molar-refractivity contribution in [2.75, 3.05) is 5.32 Å². The van der Waals surface area contributed by atoms with Crippen LogP contribution in [0.4, 0.5) is 14.5 Å². The van der Waals surface area contributed by atoms with Gasteiger partial charge >= 0.3 is 0 Å². The van der Waals surface area contributed by atoms with E-state index in [0.717, 1.165) is 5.69 Å². The van der Waals surface area contributed by atoms with E-state index in [-0.39, 0.29) is 18.9 Å². The van der Waals surface area contributed by atoms with Crippen LogP contribution < -0.4 is 5.32 Å². The van der Waals surface area contributed by atoms with Crippen LogP contribution in [-0.4, -0.2) is 12.0 Å². The number of nitriles is 1. The SMILES string of the molecule is N#Cc1ccc(NC2CCC(F)(F)CC2)cc1. The first kappa shape index (κ1) is 11.8. The second kappa shape index (κ2) is 4.70. The van der Waals surface area contributed by atoms with E-state index < -0.39 is 5.92 Å². The predicted octanol–water partition coefficient (Wildman–Crippen LogP) is 3.55. The first-order chi connectivity index (χ1) is 8.09. The molecule has 0 amide bonds. The Bertz CT molecular complexity index is 410. The lowest BCUT2D eigenvalue weighted by Gasteiger charge is -2.29. The molecule has 1 aromatic carbocycles. The zero-order chi connectivity index (χ0) is 12.3. The Hall–Kier alpha value is -1.63. The van der Waals surface area contributed by atoms with Gasteiger partial charge in [0.2, 0.25) is 5.92 Å². The minimum Gasteiger partial charge on any atom is -0.382 e. The first-order valence-electron chi connectivity index (χ1n) is 5.74. The molecule has 90 valence electrons. The van der Waals surface area contributed by atoms with Crippen LogP contribution in [0, 0.1) is 11.3 Å². The maximum atomic E-state index is 13.0. The Morgan fingerprint density at radius 3 is 2.29 bits per heavy atom. The monoisotopic (exact) mass is 236 g/mol. The predicted molar refractivity (Wildman–Crippen MR) is 62.0 cm³/mol. The van der Waals surface area contributed by atoms with Crippen molar-refractivity contribution in [3.05, 3.63) is 29.8 Å². The van der Waals surface area contributed by atoms with Gasteiger partial charge in [-0.05, 0) is 37.1 Å². The summed E-state index contributed by atoms with van der Waals surface area (Å²) in [6.45, 7) is 0. The number of nitrogens with one attached hydrogen (secondary N) is 1. The van der Waals surface area contributed by atoms with Crippen molar-refractivity contribution in [1.82, 2.24) is 0 Å². The highest BCUT2D eigenvalue weighted by Crippen LogP contribution is 2.34.